The number of esters is 3. The maximum absolute atomic E-state index is 14.0. The van der Waals surface area contributed by atoms with Gasteiger partial charge in [-0.3, -0.25) is 14.4 Å². The second-order valence-electron chi connectivity index (χ2n) is 14.7. The van der Waals surface area contributed by atoms with Crippen LogP contribution in [0.2, 0.25) is 0 Å². The molecule has 334 valence electrons. The van der Waals surface area contributed by atoms with E-state index >= 15 is 0 Å². The van der Waals surface area contributed by atoms with Crippen molar-refractivity contribution >= 4 is 35.8 Å². The summed E-state index contributed by atoms with van der Waals surface area (Å²) in [5, 5.41) is 8.05. The van der Waals surface area contributed by atoms with Crippen LogP contribution in [0.1, 0.15) is 60.4 Å². The van der Waals surface area contributed by atoms with E-state index in [4.69, 9.17) is 23.7 Å². The van der Waals surface area contributed by atoms with Crippen LogP contribution in [0, 0.1) is 0 Å². The number of hydrogen-bond acceptors (Lipinski definition) is 11. The zero-order valence-electron chi connectivity index (χ0n) is 35.7. The number of carbonyl (C=O) groups excluding carboxylic acids is 6. The Morgan fingerprint density at radius 2 is 0.953 bits per heavy atom. The van der Waals surface area contributed by atoms with Crippen molar-refractivity contribution < 1.29 is 52.5 Å². The van der Waals surface area contributed by atoms with E-state index in [0.717, 1.165) is 18.4 Å². The van der Waals surface area contributed by atoms with Crippen LogP contribution in [0.3, 0.4) is 0 Å². The number of alkyl carbamates (subject to hydrolysis) is 1. The Balaban J connectivity index is 1.29. The zero-order chi connectivity index (χ0) is 45.4. The molecule has 0 saturated heterocycles. The smallest absolute Gasteiger partial charge is 0.408 e. The Morgan fingerprint density at radius 1 is 0.484 bits per heavy atom. The molecule has 5 aromatic carbocycles. The maximum Gasteiger partial charge on any atom is 0.408 e. The third-order valence-electron chi connectivity index (χ3n) is 9.64. The van der Waals surface area contributed by atoms with Crippen molar-refractivity contribution in [3.05, 3.63) is 173 Å². The van der Waals surface area contributed by atoms with Crippen LogP contribution < -0.4 is 20.7 Å². The summed E-state index contributed by atoms with van der Waals surface area (Å²) < 4.78 is 27.5. The van der Waals surface area contributed by atoms with Crippen LogP contribution in [0.4, 0.5) is 4.79 Å². The van der Waals surface area contributed by atoms with E-state index in [-0.39, 0.29) is 38.6 Å². The van der Waals surface area contributed by atoms with Crippen LogP contribution in [-0.2, 0) is 75.8 Å². The number of carbonyl (C=O) groups is 6. The largest absolute Gasteiger partial charge is 0.467 e. The molecule has 0 aliphatic rings. The number of rotatable bonds is 24. The number of unbranched alkanes of at least 4 members (excludes halogenated alkanes) is 2. The first kappa shape index (κ1) is 47.6. The van der Waals surface area contributed by atoms with E-state index in [9.17, 15) is 28.8 Å². The average molecular weight is 872 g/mol. The molecular formula is C50H53N3O11. The van der Waals surface area contributed by atoms with Gasteiger partial charge in [0.15, 0.2) is 0 Å². The minimum absolute atomic E-state index is 0.0308. The van der Waals surface area contributed by atoms with Gasteiger partial charge in [0, 0.05) is 13.0 Å². The van der Waals surface area contributed by atoms with Crippen molar-refractivity contribution in [1.82, 2.24) is 16.0 Å². The van der Waals surface area contributed by atoms with Gasteiger partial charge in [0.1, 0.15) is 44.3 Å². The van der Waals surface area contributed by atoms with Crippen molar-refractivity contribution in [2.24, 2.45) is 0 Å². The molecule has 0 unspecified atom stereocenters. The van der Waals surface area contributed by atoms with Crippen molar-refractivity contribution in [2.45, 2.75) is 83.6 Å². The predicted molar refractivity (Wildman–Crippen MR) is 236 cm³/mol. The lowest BCUT2D eigenvalue weighted by atomic mass is 10.0. The van der Waals surface area contributed by atoms with Crippen molar-refractivity contribution in [3.63, 3.8) is 0 Å². The van der Waals surface area contributed by atoms with E-state index in [2.05, 4.69) is 16.0 Å². The Bertz CT molecular complexity index is 2110. The van der Waals surface area contributed by atoms with Crippen LogP contribution >= 0.6 is 0 Å². The second kappa shape index (κ2) is 26.1. The molecule has 5 rings (SSSR count). The second-order valence-corrected chi connectivity index (χ2v) is 14.7. The minimum atomic E-state index is -1.76. The molecule has 14 nitrogen and oxygen atoms in total. The van der Waals surface area contributed by atoms with Gasteiger partial charge in [-0.2, -0.15) is 0 Å². The molecule has 0 aromatic heterocycles. The van der Waals surface area contributed by atoms with E-state index < -0.39 is 60.4 Å². The summed E-state index contributed by atoms with van der Waals surface area (Å²) in [5.74, 6) is -3.88. The van der Waals surface area contributed by atoms with Gasteiger partial charge < -0.3 is 39.6 Å². The number of nitrogens with one attached hydrogen (secondary N) is 3. The molecule has 0 radical (unpaired) electrons. The minimum Gasteiger partial charge on any atom is -0.467 e. The van der Waals surface area contributed by atoms with E-state index in [1.807, 2.05) is 31.2 Å². The monoisotopic (exact) mass is 871 g/mol. The summed E-state index contributed by atoms with van der Waals surface area (Å²) in [7, 11) is 0. The summed E-state index contributed by atoms with van der Waals surface area (Å²) >= 11 is 0. The molecule has 2 atom stereocenters. The van der Waals surface area contributed by atoms with E-state index in [1.54, 1.807) is 109 Å². The zero-order valence-corrected chi connectivity index (χ0v) is 35.7. The van der Waals surface area contributed by atoms with Crippen molar-refractivity contribution in [1.29, 1.82) is 0 Å². The molecule has 3 amide bonds. The van der Waals surface area contributed by atoms with Crippen LogP contribution in [-0.4, -0.2) is 60.5 Å². The molecule has 5 aromatic rings. The first-order valence-corrected chi connectivity index (χ1v) is 21.1. The maximum atomic E-state index is 14.0. The molecule has 0 aliphatic heterocycles. The molecule has 0 bridgehead atoms. The lowest BCUT2D eigenvalue weighted by Gasteiger charge is -2.23. The Hall–Kier alpha value is -7.48. The normalized spacial score (nSPS) is 11.6. The van der Waals surface area contributed by atoms with Gasteiger partial charge in [0.2, 0.25) is 11.8 Å². The van der Waals surface area contributed by atoms with Gasteiger partial charge in [0.05, 0.1) is 6.42 Å². The van der Waals surface area contributed by atoms with Crippen LogP contribution in [0.15, 0.2) is 146 Å². The quantitative estimate of drug-likeness (QED) is 0.0260. The third kappa shape index (κ3) is 16.8. The highest BCUT2D eigenvalue weighted by Gasteiger charge is 2.33. The molecule has 0 aliphatic carbocycles. The standard InChI is InChI=1S/C50H53N3O11/c1-2-3-16-29-51-46(55)42(52-47(56)43(31-44(54)60-32-37-17-8-4-9-18-37)53-50(59)63-35-40-23-14-7-15-24-40)30-36-25-27-41(28-26-36)64-45(48(57)61-33-38-19-10-5-11-20-38)49(58)62-34-39-21-12-6-13-22-39/h4-15,17-28,42-43,45H,2-3,16,29-35H2,1H3,(H,51,55)(H,52,56)(H,53,59)/t42-,43-/m0/s1. The lowest BCUT2D eigenvalue weighted by Crippen LogP contribution is -2.55. The van der Waals surface area contributed by atoms with Gasteiger partial charge in [-0.05, 0) is 46.4 Å². The predicted octanol–water partition coefficient (Wildman–Crippen LogP) is 6.68. The van der Waals surface area contributed by atoms with Gasteiger partial charge in [0.25, 0.3) is 6.10 Å². The summed E-state index contributed by atoms with van der Waals surface area (Å²) in [5.41, 5.74) is 3.41. The van der Waals surface area contributed by atoms with Gasteiger partial charge in [-0.15, -0.1) is 0 Å². The number of hydrogen-bond donors (Lipinski definition) is 3. The molecule has 0 fully saturated rings. The molecule has 0 saturated carbocycles. The van der Waals surface area contributed by atoms with Crippen LogP contribution in [0.5, 0.6) is 5.75 Å². The Kier molecular flexibility index (Phi) is 19.4. The summed E-state index contributed by atoms with van der Waals surface area (Å²) in [4.78, 5) is 80.2. The number of benzene rings is 5. The lowest BCUT2D eigenvalue weighted by molar-refractivity contribution is -0.168. The molecule has 0 heterocycles. The van der Waals surface area contributed by atoms with Gasteiger partial charge >= 0.3 is 24.0 Å². The first-order chi connectivity index (χ1) is 31.2. The van der Waals surface area contributed by atoms with Crippen molar-refractivity contribution in [2.75, 3.05) is 6.54 Å². The van der Waals surface area contributed by atoms with E-state index in [1.165, 1.54) is 12.1 Å². The highest BCUT2D eigenvalue weighted by Crippen LogP contribution is 2.18. The SMILES string of the molecule is CCCCCNC(=O)[C@H](Cc1ccc(OC(C(=O)OCc2ccccc2)C(=O)OCc2ccccc2)cc1)NC(=O)[C@H](CC(=O)OCc1ccccc1)NC(=O)OCc1ccccc1. The Labute approximate surface area is 372 Å². The highest BCUT2D eigenvalue weighted by atomic mass is 16.6. The third-order valence-corrected chi connectivity index (χ3v) is 9.64. The molecule has 0 spiro atoms. The number of ether oxygens (including phenoxy) is 5. The summed E-state index contributed by atoms with van der Waals surface area (Å²) in [6.45, 7) is 2.04. The fraction of sp³-hybridized carbons (Fsp3) is 0.280. The average Bonchev–Trinajstić information content (AvgIpc) is 3.33. The summed E-state index contributed by atoms with van der Waals surface area (Å²) in [6.07, 6.45) is -0.793. The molecule has 64 heavy (non-hydrogen) atoms. The number of amides is 3. The van der Waals surface area contributed by atoms with Crippen LogP contribution in [0.25, 0.3) is 0 Å². The van der Waals surface area contributed by atoms with E-state index in [0.29, 0.717) is 35.2 Å². The fourth-order valence-corrected chi connectivity index (χ4v) is 6.15. The molecule has 3 N–H and O–H groups in total. The first-order valence-electron chi connectivity index (χ1n) is 21.1. The highest BCUT2D eigenvalue weighted by molar-refractivity contribution is 5.98. The topological polar surface area (TPSA) is 185 Å². The molecular weight excluding hydrogens is 819 g/mol. The fourth-order valence-electron chi connectivity index (χ4n) is 6.15. The summed E-state index contributed by atoms with van der Waals surface area (Å²) in [6, 6.07) is 39.4. The van der Waals surface area contributed by atoms with Gasteiger partial charge in [-0.25, -0.2) is 14.4 Å². The van der Waals surface area contributed by atoms with Crippen molar-refractivity contribution in [3.8, 4) is 5.75 Å². The molecule has 14 heteroatoms. The Morgan fingerprint density at radius 3 is 1.44 bits per heavy atom. The van der Waals surface area contributed by atoms with Gasteiger partial charge in [-0.1, -0.05) is 153 Å².